The molecule has 1 aliphatic rings. The van der Waals surface area contributed by atoms with E-state index >= 15 is 0 Å². The highest BCUT2D eigenvalue weighted by molar-refractivity contribution is 7.92. The van der Waals surface area contributed by atoms with E-state index < -0.39 is 10.0 Å². The van der Waals surface area contributed by atoms with E-state index in [1.807, 2.05) is 48.5 Å². The standard InChI is InChI=1S/C26H28N2O5S/c1-19-17-23(34(30,31)28-16-14-21-5-3-4-6-24(21)28)11-12-25(19)33-18-26(29)27-15-13-20-7-9-22(32-2)10-8-20/h3-12,17H,13-16,18H2,1-2H3,(H,27,29). The maximum absolute atomic E-state index is 13.2. The summed E-state index contributed by atoms with van der Waals surface area (Å²) in [5.41, 5.74) is 3.50. The van der Waals surface area contributed by atoms with Crippen LogP contribution in [0.4, 0.5) is 5.69 Å². The van der Waals surface area contributed by atoms with Crippen LogP contribution in [0.15, 0.2) is 71.6 Å². The van der Waals surface area contributed by atoms with Crippen molar-refractivity contribution in [2.75, 3.05) is 31.1 Å². The molecule has 4 rings (SSSR count). The number of benzene rings is 3. The molecule has 0 spiro atoms. The van der Waals surface area contributed by atoms with Gasteiger partial charge in [-0.25, -0.2) is 8.42 Å². The number of anilines is 1. The van der Waals surface area contributed by atoms with Gasteiger partial charge in [0, 0.05) is 13.1 Å². The summed E-state index contributed by atoms with van der Waals surface area (Å²) >= 11 is 0. The third kappa shape index (κ3) is 5.17. The van der Waals surface area contributed by atoms with Crippen molar-refractivity contribution < 1.29 is 22.7 Å². The molecule has 1 aliphatic heterocycles. The molecule has 0 bridgehead atoms. The number of methoxy groups -OCH3 is 1. The van der Waals surface area contributed by atoms with Gasteiger partial charge in [0.25, 0.3) is 15.9 Å². The van der Waals surface area contributed by atoms with Gasteiger partial charge in [0.05, 0.1) is 17.7 Å². The lowest BCUT2D eigenvalue weighted by Crippen LogP contribution is -2.30. The maximum atomic E-state index is 13.2. The molecule has 0 saturated carbocycles. The number of rotatable bonds is 9. The third-order valence-corrected chi connectivity index (χ3v) is 7.64. The fourth-order valence-electron chi connectivity index (χ4n) is 3.96. The number of sulfonamides is 1. The fourth-order valence-corrected chi connectivity index (χ4v) is 5.55. The Hall–Kier alpha value is -3.52. The lowest BCUT2D eigenvalue weighted by molar-refractivity contribution is -0.123. The normalized spacial score (nSPS) is 12.8. The summed E-state index contributed by atoms with van der Waals surface area (Å²) < 4.78 is 38.7. The highest BCUT2D eigenvalue weighted by Gasteiger charge is 2.30. The van der Waals surface area contributed by atoms with Gasteiger partial charge in [0.2, 0.25) is 0 Å². The van der Waals surface area contributed by atoms with Crippen molar-refractivity contribution in [3.05, 3.63) is 83.4 Å². The molecular weight excluding hydrogens is 452 g/mol. The predicted molar refractivity (Wildman–Crippen MR) is 131 cm³/mol. The lowest BCUT2D eigenvalue weighted by Gasteiger charge is -2.20. The molecule has 0 radical (unpaired) electrons. The van der Waals surface area contributed by atoms with E-state index in [4.69, 9.17) is 9.47 Å². The summed E-state index contributed by atoms with van der Waals surface area (Å²) in [5, 5.41) is 2.83. The zero-order valence-electron chi connectivity index (χ0n) is 19.3. The first-order valence-corrected chi connectivity index (χ1v) is 12.6. The zero-order chi connectivity index (χ0) is 24.1. The number of para-hydroxylation sites is 1. The van der Waals surface area contributed by atoms with Gasteiger partial charge < -0.3 is 14.8 Å². The Kier molecular flexibility index (Phi) is 7.07. The van der Waals surface area contributed by atoms with Crippen LogP contribution in [0, 0.1) is 6.92 Å². The molecule has 0 atom stereocenters. The van der Waals surface area contributed by atoms with Crippen LogP contribution in [-0.4, -0.2) is 41.1 Å². The highest BCUT2D eigenvalue weighted by Crippen LogP contribution is 2.33. The van der Waals surface area contributed by atoms with Crippen molar-refractivity contribution in [3.8, 4) is 11.5 Å². The van der Waals surface area contributed by atoms with Gasteiger partial charge in [-0.15, -0.1) is 0 Å². The molecule has 7 nitrogen and oxygen atoms in total. The summed E-state index contributed by atoms with van der Waals surface area (Å²) in [7, 11) is -2.05. The summed E-state index contributed by atoms with van der Waals surface area (Å²) in [6, 6.07) is 20.0. The van der Waals surface area contributed by atoms with Crippen LogP contribution in [-0.2, 0) is 27.7 Å². The van der Waals surface area contributed by atoms with Gasteiger partial charge in [-0.1, -0.05) is 30.3 Å². The average Bonchev–Trinajstić information content (AvgIpc) is 3.29. The molecule has 1 N–H and O–H groups in total. The van der Waals surface area contributed by atoms with Crippen LogP contribution in [0.2, 0.25) is 0 Å². The van der Waals surface area contributed by atoms with Gasteiger partial charge >= 0.3 is 0 Å². The molecule has 0 unspecified atom stereocenters. The van der Waals surface area contributed by atoms with Gasteiger partial charge in [-0.2, -0.15) is 0 Å². The number of carbonyl (C=O) groups excluding carboxylic acids is 1. The smallest absolute Gasteiger partial charge is 0.264 e. The Morgan fingerprint density at radius 3 is 2.56 bits per heavy atom. The van der Waals surface area contributed by atoms with E-state index in [0.29, 0.717) is 37.2 Å². The largest absolute Gasteiger partial charge is 0.497 e. The number of hydrogen-bond acceptors (Lipinski definition) is 5. The number of nitrogens with zero attached hydrogens (tertiary/aromatic N) is 1. The van der Waals surface area contributed by atoms with E-state index in [2.05, 4.69) is 5.32 Å². The molecule has 1 heterocycles. The van der Waals surface area contributed by atoms with Gasteiger partial charge in [-0.05, 0) is 72.9 Å². The quantitative estimate of drug-likeness (QED) is 0.507. The van der Waals surface area contributed by atoms with Gasteiger partial charge in [-0.3, -0.25) is 9.10 Å². The molecule has 3 aromatic rings. The van der Waals surface area contributed by atoms with Crippen molar-refractivity contribution in [2.24, 2.45) is 0 Å². The fraction of sp³-hybridized carbons (Fsp3) is 0.269. The summed E-state index contributed by atoms with van der Waals surface area (Å²) in [5.74, 6) is 1.03. The molecule has 178 valence electrons. The molecular formula is C26H28N2O5S. The molecule has 3 aromatic carbocycles. The van der Waals surface area contributed by atoms with Crippen LogP contribution >= 0.6 is 0 Å². The first-order valence-electron chi connectivity index (χ1n) is 11.1. The minimum Gasteiger partial charge on any atom is -0.497 e. The zero-order valence-corrected chi connectivity index (χ0v) is 20.1. The van der Waals surface area contributed by atoms with Crippen molar-refractivity contribution in [2.45, 2.75) is 24.7 Å². The van der Waals surface area contributed by atoms with E-state index in [0.717, 1.165) is 22.6 Å². The molecule has 0 saturated heterocycles. The molecule has 0 fully saturated rings. The topological polar surface area (TPSA) is 84.9 Å². The van der Waals surface area contributed by atoms with Crippen molar-refractivity contribution >= 4 is 21.6 Å². The molecule has 34 heavy (non-hydrogen) atoms. The number of hydrogen-bond donors (Lipinski definition) is 1. The molecule has 8 heteroatoms. The minimum atomic E-state index is -3.67. The Labute approximate surface area is 200 Å². The monoisotopic (exact) mass is 480 g/mol. The SMILES string of the molecule is COc1ccc(CCNC(=O)COc2ccc(S(=O)(=O)N3CCc4ccccc43)cc2C)cc1. The summed E-state index contributed by atoms with van der Waals surface area (Å²) in [4.78, 5) is 12.4. The van der Waals surface area contributed by atoms with Crippen molar-refractivity contribution in [3.63, 3.8) is 0 Å². The second kappa shape index (κ2) is 10.2. The van der Waals surface area contributed by atoms with Crippen LogP contribution in [0.3, 0.4) is 0 Å². The average molecular weight is 481 g/mol. The first kappa shape index (κ1) is 23.6. The number of fused-ring (bicyclic) bond motifs is 1. The number of aryl methyl sites for hydroxylation is 1. The van der Waals surface area contributed by atoms with Crippen LogP contribution in [0.25, 0.3) is 0 Å². The molecule has 0 aromatic heterocycles. The van der Waals surface area contributed by atoms with Crippen LogP contribution in [0.5, 0.6) is 11.5 Å². The second-order valence-electron chi connectivity index (χ2n) is 8.12. The van der Waals surface area contributed by atoms with Crippen LogP contribution < -0.4 is 19.1 Å². The number of ether oxygens (including phenoxy) is 2. The van der Waals surface area contributed by atoms with Crippen LogP contribution in [0.1, 0.15) is 16.7 Å². The summed E-state index contributed by atoms with van der Waals surface area (Å²) in [6.45, 7) is 2.54. The van der Waals surface area contributed by atoms with E-state index in [9.17, 15) is 13.2 Å². The Morgan fingerprint density at radius 1 is 1.06 bits per heavy atom. The van der Waals surface area contributed by atoms with Gasteiger partial charge in [0.1, 0.15) is 11.5 Å². The minimum absolute atomic E-state index is 0.144. The predicted octanol–water partition coefficient (Wildman–Crippen LogP) is 3.49. The van der Waals surface area contributed by atoms with Crippen molar-refractivity contribution in [1.82, 2.24) is 5.32 Å². The molecule has 1 amide bonds. The number of amides is 1. The van der Waals surface area contributed by atoms with E-state index in [-0.39, 0.29) is 17.4 Å². The Bertz CT molecular complexity index is 1270. The highest BCUT2D eigenvalue weighted by atomic mass is 32.2. The maximum Gasteiger partial charge on any atom is 0.264 e. The van der Waals surface area contributed by atoms with Gasteiger partial charge in [0.15, 0.2) is 6.61 Å². The van der Waals surface area contributed by atoms with E-state index in [1.54, 1.807) is 26.2 Å². The first-order chi connectivity index (χ1) is 16.4. The van der Waals surface area contributed by atoms with E-state index in [1.165, 1.54) is 10.4 Å². The number of nitrogens with one attached hydrogen (secondary N) is 1. The second-order valence-corrected chi connectivity index (χ2v) is 9.98. The molecule has 0 aliphatic carbocycles. The Balaban J connectivity index is 1.32. The third-order valence-electron chi connectivity index (χ3n) is 5.83. The lowest BCUT2D eigenvalue weighted by atomic mass is 10.1. The Morgan fingerprint density at radius 2 is 1.82 bits per heavy atom. The summed E-state index contributed by atoms with van der Waals surface area (Å²) in [6.07, 6.45) is 1.39. The number of carbonyl (C=O) groups is 1. The van der Waals surface area contributed by atoms with Crippen molar-refractivity contribution in [1.29, 1.82) is 0 Å².